The van der Waals surface area contributed by atoms with Gasteiger partial charge in [0, 0.05) is 12.1 Å². The minimum atomic E-state index is -0.248. The second-order valence-corrected chi connectivity index (χ2v) is 5.36. The number of benzene rings is 1. The molecule has 1 fully saturated rings. The summed E-state index contributed by atoms with van der Waals surface area (Å²) in [5.41, 5.74) is 2.00. The van der Waals surface area contributed by atoms with E-state index in [1.54, 1.807) is 30.3 Å². The lowest BCUT2D eigenvalue weighted by Crippen LogP contribution is -2.36. The lowest BCUT2D eigenvalue weighted by Gasteiger charge is -2.19. The van der Waals surface area contributed by atoms with Gasteiger partial charge < -0.3 is 10.6 Å². The van der Waals surface area contributed by atoms with Gasteiger partial charge in [-0.3, -0.25) is 9.59 Å². The normalized spacial score (nSPS) is 14.1. The standard InChI is InChI=1S/C18H22N2O2/c1-2-13-19-18(22)16(14-9-5-3-6-10-14)20-17(21)15-11-7-4-8-12-15/h2,4,7-8,11-12H,1,3,5-6,9-10,13H2,(H,19,22)(H,20,21). The summed E-state index contributed by atoms with van der Waals surface area (Å²) in [5, 5.41) is 5.56. The van der Waals surface area contributed by atoms with Gasteiger partial charge in [-0.2, -0.15) is 0 Å². The Bertz CT molecular complexity index is 568. The molecule has 0 bridgehead atoms. The maximum absolute atomic E-state index is 12.3. The van der Waals surface area contributed by atoms with Gasteiger partial charge in [-0.05, 0) is 43.4 Å². The maximum Gasteiger partial charge on any atom is 0.267 e. The Morgan fingerprint density at radius 2 is 1.77 bits per heavy atom. The highest BCUT2D eigenvalue weighted by Crippen LogP contribution is 2.25. The van der Waals surface area contributed by atoms with Gasteiger partial charge in [-0.1, -0.05) is 30.7 Å². The van der Waals surface area contributed by atoms with Crippen molar-refractivity contribution >= 4 is 11.8 Å². The summed E-state index contributed by atoms with van der Waals surface area (Å²) in [6, 6.07) is 8.94. The molecule has 1 aromatic carbocycles. The van der Waals surface area contributed by atoms with E-state index in [1.165, 1.54) is 6.42 Å². The summed E-state index contributed by atoms with van der Waals surface area (Å²) < 4.78 is 0. The summed E-state index contributed by atoms with van der Waals surface area (Å²) in [6.45, 7) is 3.98. The molecule has 2 amide bonds. The molecule has 1 aromatic rings. The number of rotatable bonds is 5. The molecule has 1 aliphatic rings. The Hall–Kier alpha value is -2.36. The van der Waals surface area contributed by atoms with E-state index in [2.05, 4.69) is 17.2 Å². The Morgan fingerprint density at radius 3 is 2.41 bits per heavy atom. The number of carbonyl (C=O) groups excluding carboxylic acids is 2. The fraction of sp³-hybridized carbons (Fsp3) is 0.333. The third-order valence-electron chi connectivity index (χ3n) is 3.72. The van der Waals surface area contributed by atoms with Crippen molar-refractivity contribution in [3.05, 3.63) is 59.8 Å². The van der Waals surface area contributed by atoms with Crippen LogP contribution >= 0.6 is 0 Å². The lowest BCUT2D eigenvalue weighted by atomic mass is 9.93. The van der Waals surface area contributed by atoms with E-state index >= 15 is 0 Å². The first-order chi connectivity index (χ1) is 10.7. The van der Waals surface area contributed by atoms with Gasteiger partial charge in [0.25, 0.3) is 11.8 Å². The molecule has 4 nitrogen and oxygen atoms in total. The average Bonchev–Trinajstić information content (AvgIpc) is 2.59. The molecular formula is C18H22N2O2. The third-order valence-corrected chi connectivity index (χ3v) is 3.72. The number of carbonyl (C=O) groups is 2. The quantitative estimate of drug-likeness (QED) is 0.648. The Kier molecular flexibility index (Phi) is 5.95. The molecule has 4 heteroatoms. The van der Waals surface area contributed by atoms with Crippen LogP contribution in [0, 0.1) is 0 Å². The van der Waals surface area contributed by atoms with Gasteiger partial charge in [-0.25, -0.2) is 0 Å². The van der Waals surface area contributed by atoms with Gasteiger partial charge in [-0.15, -0.1) is 6.58 Å². The Morgan fingerprint density at radius 1 is 1.09 bits per heavy atom. The van der Waals surface area contributed by atoms with Crippen LogP contribution in [-0.4, -0.2) is 18.4 Å². The van der Waals surface area contributed by atoms with Crippen molar-refractivity contribution in [2.75, 3.05) is 6.54 Å². The van der Waals surface area contributed by atoms with Crippen LogP contribution in [-0.2, 0) is 4.79 Å². The van der Waals surface area contributed by atoms with Crippen molar-refractivity contribution in [3.63, 3.8) is 0 Å². The first kappa shape index (κ1) is 16.0. The number of nitrogens with one attached hydrogen (secondary N) is 2. The highest BCUT2D eigenvalue weighted by molar-refractivity contribution is 6.03. The summed E-state index contributed by atoms with van der Waals surface area (Å²) in [5.74, 6) is -0.483. The number of amides is 2. The van der Waals surface area contributed by atoms with E-state index in [4.69, 9.17) is 0 Å². The summed E-state index contributed by atoms with van der Waals surface area (Å²) in [6.07, 6.45) is 6.67. The number of hydrogen-bond donors (Lipinski definition) is 2. The minimum Gasteiger partial charge on any atom is -0.347 e. The predicted octanol–water partition coefficient (Wildman–Crippen LogP) is 2.94. The van der Waals surface area contributed by atoms with Crippen molar-refractivity contribution in [1.82, 2.24) is 10.6 Å². The van der Waals surface area contributed by atoms with Crippen LogP contribution in [0.25, 0.3) is 0 Å². The molecular weight excluding hydrogens is 276 g/mol. The van der Waals surface area contributed by atoms with E-state index in [-0.39, 0.29) is 11.8 Å². The zero-order valence-electron chi connectivity index (χ0n) is 12.7. The fourth-order valence-electron chi connectivity index (χ4n) is 2.56. The predicted molar refractivity (Wildman–Crippen MR) is 87.2 cm³/mol. The number of allylic oxidation sites excluding steroid dienone is 1. The molecule has 0 saturated heterocycles. The van der Waals surface area contributed by atoms with Crippen LogP contribution in [0.1, 0.15) is 42.5 Å². The second-order valence-electron chi connectivity index (χ2n) is 5.36. The smallest absolute Gasteiger partial charge is 0.267 e. The van der Waals surface area contributed by atoms with E-state index in [9.17, 15) is 9.59 Å². The summed E-state index contributed by atoms with van der Waals surface area (Å²) in [4.78, 5) is 24.7. The molecule has 0 atom stereocenters. The van der Waals surface area contributed by atoms with Crippen LogP contribution in [0.3, 0.4) is 0 Å². The van der Waals surface area contributed by atoms with Crippen LogP contribution in [0.15, 0.2) is 54.3 Å². The fourth-order valence-corrected chi connectivity index (χ4v) is 2.56. The molecule has 116 valence electrons. The zero-order chi connectivity index (χ0) is 15.8. The van der Waals surface area contributed by atoms with Crippen molar-refractivity contribution in [2.24, 2.45) is 0 Å². The molecule has 1 aliphatic carbocycles. The van der Waals surface area contributed by atoms with Crippen LogP contribution in [0.2, 0.25) is 0 Å². The molecule has 0 aliphatic heterocycles. The molecule has 22 heavy (non-hydrogen) atoms. The average molecular weight is 298 g/mol. The zero-order valence-corrected chi connectivity index (χ0v) is 12.7. The third kappa shape index (κ3) is 4.32. The SMILES string of the molecule is C=CCNC(=O)C(NC(=O)c1ccccc1)=C1CCCCC1. The summed E-state index contributed by atoms with van der Waals surface area (Å²) in [7, 11) is 0. The molecule has 1 saturated carbocycles. The highest BCUT2D eigenvalue weighted by Gasteiger charge is 2.20. The molecule has 0 aromatic heterocycles. The van der Waals surface area contributed by atoms with E-state index in [0.29, 0.717) is 17.8 Å². The topological polar surface area (TPSA) is 58.2 Å². The number of hydrogen-bond acceptors (Lipinski definition) is 2. The molecule has 2 N–H and O–H groups in total. The van der Waals surface area contributed by atoms with Gasteiger partial charge in [0.2, 0.25) is 0 Å². The van der Waals surface area contributed by atoms with Gasteiger partial charge in [0.15, 0.2) is 0 Å². The highest BCUT2D eigenvalue weighted by atomic mass is 16.2. The van der Waals surface area contributed by atoms with Crippen molar-refractivity contribution in [3.8, 4) is 0 Å². The molecule has 0 radical (unpaired) electrons. The van der Waals surface area contributed by atoms with Gasteiger partial charge in [0.1, 0.15) is 5.70 Å². The van der Waals surface area contributed by atoms with E-state index in [0.717, 1.165) is 31.3 Å². The molecule has 0 heterocycles. The Labute approximate surface area is 131 Å². The van der Waals surface area contributed by atoms with Crippen LogP contribution in [0.5, 0.6) is 0 Å². The minimum absolute atomic E-state index is 0.235. The van der Waals surface area contributed by atoms with E-state index < -0.39 is 0 Å². The monoisotopic (exact) mass is 298 g/mol. The van der Waals surface area contributed by atoms with Crippen LogP contribution < -0.4 is 10.6 Å². The van der Waals surface area contributed by atoms with Crippen molar-refractivity contribution in [1.29, 1.82) is 0 Å². The molecule has 2 rings (SSSR count). The second kappa shape index (κ2) is 8.17. The maximum atomic E-state index is 12.3. The largest absolute Gasteiger partial charge is 0.347 e. The molecule has 0 spiro atoms. The van der Waals surface area contributed by atoms with E-state index in [1.807, 2.05) is 6.07 Å². The van der Waals surface area contributed by atoms with Crippen LogP contribution in [0.4, 0.5) is 0 Å². The summed E-state index contributed by atoms with van der Waals surface area (Å²) >= 11 is 0. The van der Waals surface area contributed by atoms with Crippen molar-refractivity contribution < 1.29 is 9.59 Å². The first-order valence-corrected chi connectivity index (χ1v) is 7.70. The first-order valence-electron chi connectivity index (χ1n) is 7.70. The molecule has 0 unspecified atom stereocenters. The van der Waals surface area contributed by atoms with Gasteiger partial charge >= 0.3 is 0 Å². The lowest BCUT2D eigenvalue weighted by molar-refractivity contribution is -0.117. The van der Waals surface area contributed by atoms with Gasteiger partial charge in [0.05, 0.1) is 0 Å². The van der Waals surface area contributed by atoms with Crippen molar-refractivity contribution in [2.45, 2.75) is 32.1 Å². The Balaban J connectivity index is 2.19.